The van der Waals surface area contributed by atoms with Gasteiger partial charge in [-0.05, 0) is 55.8 Å². The minimum absolute atomic E-state index is 0.432. The van der Waals surface area contributed by atoms with Gasteiger partial charge in [0, 0.05) is 30.1 Å². The van der Waals surface area contributed by atoms with E-state index in [1.165, 1.54) is 32.3 Å². The van der Waals surface area contributed by atoms with Gasteiger partial charge in [-0.1, -0.05) is 18.2 Å². The average molecular weight is 430 g/mol. The zero-order chi connectivity index (χ0) is 21.9. The molecule has 3 heterocycles. The molecular formula is C25H27N5O2. The Balaban J connectivity index is 1.50. The molecule has 0 atom stereocenters. The van der Waals surface area contributed by atoms with Crippen LogP contribution in [0.1, 0.15) is 12.8 Å². The maximum Gasteiger partial charge on any atom is 0.151 e. The van der Waals surface area contributed by atoms with Crippen LogP contribution in [-0.4, -0.2) is 52.8 Å². The summed E-state index contributed by atoms with van der Waals surface area (Å²) in [6, 6.07) is 16.0. The SMILES string of the molecule is COc1cccc(-n2cc(-c3cccc(OCCN4CCCC4)c3)c3ncnc(N)c32)c1. The van der Waals surface area contributed by atoms with Gasteiger partial charge in [0.05, 0.1) is 7.11 Å². The Bertz CT molecular complexity index is 1230. The zero-order valence-corrected chi connectivity index (χ0v) is 18.2. The van der Waals surface area contributed by atoms with E-state index in [2.05, 4.69) is 27.0 Å². The second-order valence-corrected chi connectivity index (χ2v) is 8.00. The number of likely N-dealkylation sites (tertiary alicyclic amines) is 1. The van der Waals surface area contributed by atoms with Gasteiger partial charge >= 0.3 is 0 Å². The van der Waals surface area contributed by atoms with Gasteiger partial charge in [-0.25, -0.2) is 9.97 Å². The molecule has 0 radical (unpaired) electrons. The molecule has 2 N–H and O–H groups in total. The second kappa shape index (κ2) is 8.88. The van der Waals surface area contributed by atoms with Gasteiger partial charge in [0.2, 0.25) is 0 Å². The first-order valence-electron chi connectivity index (χ1n) is 10.9. The van der Waals surface area contributed by atoms with Crippen LogP contribution in [0.4, 0.5) is 5.82 Å². The Labute approximate surface area is 187 Å². The first kappa shape index (κ1) is 20.3. The Morgan fingerprint density at radius 2 is 1.81 bits per heavy atom. The van der Waals surface area contributed by atoms with Gasteiger partial charge in [0.1, 0.15) is 35.5 Å². The highest BCUT2D eigenvalue weighted by atomic mass is 16.5. The molecule has 5 rings (SSSR count). The predicted octanol–water partition coefficient (Wildman–Crippen LogP) is 4.15. The fraction of sp³-hybridized carbons (Fsp3) is 0.280. The summed E-state index contributed by atoms with van der Waals surface area (Å²) in [6.45, 7) is 4.00. The molecule has 32 heavy (non-hydrogen) atoms. The van der Waals surface area contributed by atoms with Crippen molar-refractivity contribution >= 4 is 16.9 Å². The van der Waals surface area contributed by atoms with Crippen molar-refractivity contribution in [1.29, 1.82) is 0 Å². The van der Waals surface area contributed by atoms with Crippen molar-refractivity contribution in [2.45, 2.75) is 12.8 Å². The summed E-state index contributed by atoms with van der Waals surface area (Å²) < 4.78 is 13.5. The molecule has 164 valence electrons. The van der Waals surface area contributed by atoms with E-state index in [0.717, 1.165) is 45.9 Å². The zero-order valence-electron chi connectivity index (χ0n) is 18.2. The van der Waals surface area contributed by atoms with E-state index >= 15 is 0 Å². The number of hydrogen-bond donors (Lipinski definition) is 1. The van der Waals surface area contributed by atoms with Crippen LogP contribution in [0.2, 0.25) is 0 Å². The second-order valence-electron chi connectivity index (χ2n) is 8.00. The molecule has 4 aromatic rings. The molecule has 0 bridgehead atoms. The van der Waals surface area contributed by atoms with Crippen molar-refractivity contribution < 1.29 is 9.47 Å². The molecule has 7 heteroatoms. The number of aromatic nitrogens is 3. The van der Waals surface area contributed by atoms with E-state index in [9.17, 15) is 0 Å². The van der Waals surface area contributed by atoms with Crippen molar-refractivity contribution in [2.24, 2.45) is 0 Å². The molecule has 2 aromatic heterocycles. The molecule has 7 nitrogen and oxygen atoms in total. The van der Waals surface area contributed by atoms with Gasteiger partial charge < -0.3 is 19.8 Å². The third-order valence-corrected chi connectivity index (χ3v) is 5.96. The van der Waals surface area contributed by atoms with Crippen LogP contribution in [0.25, 0.3) is 27.8 Å². The maximum atomic E-state index is 6.28. The lowest BCUT2D eigenvalue weighted by Gasteiger charge is -2.15. The van der Waals surface area contributed by atoms with Crippen LogP contribution in [0.3, 0.4) is 0 Å². The van der Waals surface area contributed by atoms with Gasteiger partial charge in [-0.2, -0.15) is 0 Å². The molecule has 0 saturated carbocycles. The molecule has 1 saturated heterocycles. The summed E-state index contributed by atoms with van der Waals surface area (Å²) in [5, 5.41) is 0. The fourth-order valence-corrected chi connectivity index (χ4v) is 4.31. The number of rotatable bonds is 7. The van der Waals surface area contributed by atoms with Crippen LogP contribution >= 0.6 is 0 Å². The number of nitrogens with zero attached hydrogens (tertiary/aromatic N) is 4. The largest absolute Gasteiger partial charge is 0.497 e. The number of anilines is 1. The lowest BCUT2D eigenvalue weighted by atomic mass is 10.1. The van der Waals surface area contributed by atoms with Crippen LogP contribution in [0.5, 0.6) is 11.5 Å². The number of nitrogen functional groups attached to an aromatic ring is 1. The highest BCUT2D eigenvalue weighted by Gasteiger charge is 2.17. The molecular weight excluding hydrogens is 402 g/mol. The molecule has 0 aliphatic carbocycles. The Kier molecular flexibility index (Phi) is 5.64. The summed E-state index contributed by atoms with van der Waals surface area (Å²) in [5.74, 6) is 2.06. The lowest BCUT2D eigenvalue weighted by Crippen LogP contribution is -2.25. The van der Waals surface area contributed by atoms with E-state index in [1.807, 2.05) is 47.2 Å². The smallest absolute Gasteiger partial charge is 0.151 e. The molecule has 0 spiro atoms. The number of nitrogens with two attached hydrogens (primary N) is 1. The van der Waals surface area contributed by atoms with E-state index in [1.54, 1.807) is 7.11 Å². The Hall–Kier alpha value is -3.58. The van der Waals surface area contributed by atoms with Crippen LogP contribution in [-0.2, 0) is 0 Å². The highest BCUT2D eigenvalue weighted by Crippen LogP contribution is 2.35. The highest BCUT2D eigenvalue weighted by molar-refractivity contribution is 5.98. The quantitative estimate of drug-likeness (QED) is 0.475. The third kappa shape index (κ3) is 3.99. The van der Waals surface area contributed by atoms with Gasteiger partial charge in [0.25, 0.3) is 0 Å². The van der Waals surface area contributed by atoms with E-state index < -0.39 is 0 Å². The fourth-order valence-electron chi connectivity index (χ4n) is 4.31. The molecule has 2 aromatic carbocycles. The van der Waals surface area contributed by atoms with Crippen molar-refractivity contribution in [3.05, 3.63) is 61.1 Å². The van der Waals surface area contributed by atoms with Gasteiger partial charge in [-0.15, -0.1) is 0 Å². The first-order chi connectivity index (χ1) is 15.7. The number of hydrogen-bond acceptors (Lipinski definition) is 6. The van der Waals surface area contributed by atoms with Crippen molar-refractivity contribution in [3.8, 4) is 28.3 Å². The third-order valence-electron chi connectivity index (χ3n) is 5.96. The molecule has 0 unspecified atom stereocenters. The molecule has 0 amide bonds. The molecule has 1 aliphatic heterocycles. The summed E-state index contributed by atoms with van der Waals surface area (Å²) in [7, 11) is 1.66. The number of fused-ring (bicyclic) bond motifs is 1. The Morgan fingerprint density at radius 3 is 2.66 bits per heavy atom. The van der Waals surface area contributed by atoms with Gasteiger partial charge in [0.15, 0.2) is 5.82 Å². The predicted molar refractivity (Wildman–Crippen MR) is 126 cm³/mol. The first-order valence-corrected chi connectivity index (χ1v) is 10.9. The van der Waals surface area contributed by atoms with E-state index in [-0.39, 0.29) is 0 Å². The Morgan fingerprint density at radius 1 is 1.00 bits per heavy atom. The molecule has 1 aliphatic rings. The van der Waals surface area contributed by atoms with Crippen molar-refractivity contribution in [2.75, 3.05) is 39.1 Å². The molecule has 1 fully saturated rings. The average Bonchev–Trinajstić information content (AvgIpc) is 3.48. The van der Waals surface area contributed by atoms with Crippen LogP contribution in [0.15, 0.2) is 61.1 Å². The van der Waals surface area contributed by atoms with Crippen LogP contribution in [0, 0.1) is 0 Å². The number of benzene rings is 2. The van der Waals surface area contributed by atoms with Gasteiger partial charge in [-0.3, -0.25) is 4.90 Å². The normalized spacial score (nSPS) is 14.2. The minimum Gasteiger partial charge on any atom is -0.497 e. The van der Waals surface area contributed by atoms with E-state index in [0.29, 0.717) is 12.4 Å². The maximum absolute atomic E-state index is 6.28. The summed E-state index contributed by atoms with van der Waals surface area (Å²) in [5.41, 5.74) is 10.8. The van der Waals surface area contributed by atoms with Crippen molar-refractivity contribution in [1.82, 2.24) is 19.4 Å². The van der Waals surface area contributed by atoms with Crippen LogP contribution < -0.4 is 15.2 Å². The lowest BCUT2D eigenvalue weighted by molar-refractivity contribution is 0.238. The number of methoxy groups -OCH3 is 1. The summed E-state index contributed by atoms with van der Waals surface area (Å²) >= 11 is 0. The van der Waals surface area contributed by atoms with E-state index in [4.69, 9.17) is 15.2 Å². The monoisotopic (exact) mass is 429 g/mol. The topological polar surface area (TPSA) is 78.4 Å². The summed E-state index contributed by atoms with van der Waals surface area (Å²) in [6.07, 6.45) is 6.14. The summed E-state index contributed by atoms with van der Waals surface area (Å²) in [4.78, 5) is 11.2. The number of ether oxygens (including phenoxy) is 2. The standard InChI is InChI=1S/C25H27N5O2/c1-31-20-8-5-7-19(15-20)30-16-22(23-24(30)25(26)28-17-27-23)18-6-4-9-21(14-18)32-13-12-29-10-2-3-11-29/h4-9,14-17H,2-3,10-13H2,1H3,(H2,26,27,28). The minimum atomic E-state index is 0.432. The van der Waals surface area contributed by atoms with Crippen molar-refractivity contribution in [3.63, 3.8) is 0 Å².